The van der Waals surface area contributed by atoms with E-state index in [1.54, 1.807) is 0 Å². The molecule has 1 saturated carbocycles. The Bertz CT molecular complexity index is 903. The van der Waals surface area contributed by atoms with E-state index in [-0.39, 0.29) is 5.78 Å². The Labute approximate surface area is 175 Å². The lowest BCUT2D eigenvalue weighted by molar-refractivity contribution is -0.112. The number of allylic oxidation sites excluding steroid dienone is 2. The Morgan fingerprint density at radius 2 is 1.14 bits per heavy atom. The molecule has 2 aromatic carbocycles. The average Bonchev–Trinajstić information content (AvgIpc) is 2.67. The van der Waals surface area contributed by atoms with E-state index in [1.807, 2.05) is 28.2 Å². The van der Waals surface area contributed by atoms with Crippen molar-refractivity contribution in [3.05, 3.63) is 69.8 Å². The molecule has 1 aliphatic carbocycles. The van der Waals surface area contributed by atoms with Crippen LogP contribution in [0, 0.1) is 13.8 Å². The summed E-state index contributed by atoms with van der Waals surface area (Å²) in [4.78, 5) is 17.3. The third-order valence-electron chi connectivity index (χ3n) is 5.67. The third-order valence-corrected chi connectivity index (χ3v) is 5.67. The van der Waals surface area contributed by atoms with E-state index in [4.69, 9.17) is 0 Å². The summed E-state index contributed by atoms with van der Waals surface area (Å²) in [6, 6.07) is 12.8. The second-order valence-electron chi connectivity index (χ2n) is 8.39. The van der Waals surface area contributed by atoms with Gasteiger partial charge in [-0.1, -0.05) is 12.1 Å². The molecule has 152 valence electrons. The van der Waals surface area contributed by atoms with E-state index in [0.29, 0.717) is 0 Å². The van der Waals surface area contributed by atoms with Crippen LogP contribution in [0.2, 0.25) is 0 Å². The number of anilines is 2. The third kappa shape index (κ3) is 4.79. The molecule has 1 fully saturated rings. The number of hydrogen-bond donors (Lipinski definition) is 0. The number of rotatable bonds is 4. The van der Waals surface area contributed by atoms with Crippen LogP contribution < -0.4 is 9.80 Å². The molecule has 0 aromatic heterocycles. The normalized spacial score (nSPS) is 17.1. The van der Waals surface area contributed by atoms with Crippen LogP contribution in [-0.2, 0) is 4.79 Å². The summed E-state index contributed by atoms with van der Waals surface area (Å²) in [6.07, 6.45) is 6.90. The molecular weight excluding hydrogens is 356 g/mol. The SMILES string of the molecule is Cc1cc(N(C)C)ccc1C=C1CCCC(=Cc2ccc(N(C)C)cc2C)C1=O. The van der Waals surface area contributed by atoms with Crippen molar-refractivity contribution in [2.45, 2.75) is 33.1 Å². The summed E-state index contributed by atoms with van der Waals surface area (Å²) in [5.41, 5.74) is 8.86. The van der Waals surface area contributed by atoms with Gasteiger partial charge in [0.15, 0.2) is 5.78 Å². The van der Waals surface area contributed by atoms with Crippen molar-refractivity contribution in [1.29, 1.82) is 0 Å². The molecule has 0 spiro atoms. The number of benzene rings is 2. The largest absolute Gasteiger partial charge is 0.378 e. The van der Waals surface area contributed by atoms with Crippen LogP contribution in [0.5, 0.6) is 0 Å². The van der Waals surface area contributed by atoms with Crippen molar-refractivity contribution < 1.29 is 4.79 Å². The Kier molecular flexibility index (Phi) is 6.26. The van der Waals surface area contributed by atoms with Gasteiger partial charge in [-0.3, -0.25) is 4.79 Å². The first kappa shape index (κ1) is 20.9. The minimum Gasteiger partial charge on any atom is -0.378 e. The van der Waals surface area contributed by atoms with Crippen molar-refractivity contribution in [3.63, 3.8) is 0 Å². The highest BCUT2D eigenvalue weighted by atomic mass is 16.1. The van der Waals surface area contributed by atoms with Crippen molar-refractivity contribution in [3.8, 4) is 0 Å². The maximum absolute atomic E-state index is 13.2. The monoisotopic (exact) mass is 388 g/mol. The fourth-order valence-electron chi connectivity index (χ4n) is 3.75. The number of ketones is 1. The molecule has 0 unspecified atom stereocenters. The number of nitrogens with zero attached hydrogens (tertiary/aromatic N) is 2. The maximum atomic E-state index is 13.2. The second-order valence-corrected chi connectivity index (χ2v) is 8.39. The minimum absolute atomic E-state index is 0.198. The van der Waals surface area contributed by atoms with Crippen molar-refractivity contribution in [2.24, 2.45) is 0 Å². The van der Waals surface area contributed by atoms with E-state index in [2.05, 4.69) is 72.2 Å². The quantitative estimate of drug-likeness (QED) is 0.632. The molecule has 0 saturated heterocycles. The Morgan fingerprint density at radius 1 is 0.724 bits per heavy atom. The lowest BCUT2D eigenvalue weighted by Gasteiger charge is -2.19. The first-order valence-corrected chi connectivity index (χ1v) is 10.3. The van der Waals surface area contributed by atoms with Gasteiger partial charge < -0.3 is 9.80 Å². The van der Waals surface area contributed by atoms with Gasteiger partial charge in [0.2, 0.25) is 0 Å². The fourth-order valence-corrected chi connectivity index (χ4v) is 3.75. The average molecular weight is 389 g/mol. The summed E-state index contributed by atoms with van der Waals surface area (Å²) >= 11 is 0. The summed E-state index contributed by atoms with van der Waals surface area (Å²) in [6.45, 7) is 4.22. The summed E-state index contributed by atoms with van der Waals surface area (Å²) in [7, 11) is 8.17. The van der Waals surface area contributed by atoms with Gasteiger partial charge in [-0.25, -0.2) is 0 Å². The van der Waals surface area contributed by atoms with Gasteiger partial charge in [0, 0.05) is 50.7 Å². The molecule has 1 aliphatic rings. The zero-order chi connectivity index (χ0) is 21.1. The van der Waals surface area contributed by atoms with E-state index < -0.39 is 0 Å². The molecule has 0 N–H and O–H groups in total. The van der Waals surface area contributed by atoms with Crippen molar-refractivity contribution >= 4 is 29.3 Å². The van der Waals surface area contributed by atoms with Gasteiger partial charge in [-0.2, -0.15) is 0 Å². The smallest absolute Gasteiger partial charge is 0.185 e. The molecule has 0 aliphatic heterocycles. The second kappa shape index (κ2) is 8.69. The van der Waals surface area contributed by atoms with Crippen LogP contribution in [0.4, 0.5) is 11.4 Å². The van der Waals surface area contributed by atoms with Gasteiger partial charge in [0.05, 0.1) is 0 Å². The highest BCUT2D eigenvalue weighted by Crippen LogP contribution is 2.30. The van der Waals surface area contributed by atoms with Crippen molar-refractivity contribution in [1.82, 2.24) is 0 Å². The van der Waals surface area contributed by atoms with Gasteiger partial charge in [-0.05, 0) is 91.8 Å². The number of hydrogen-bond acceptors (Lipinski definition) is 3. The lowest BCUT2D eigenvalue weighted by atomic mass is 9.86. The first-order valence-electron chi connectivity index (χ1n) is 10.3. The number of Topliss-reactive ketones (excluding diaryl/α,β-unsaturated/α-hetero) is 1. The predicted octanol–water partition coefficient (Wildman–Crippen LogP) is 5.66. The van der Waals surface area contributed by atoms with Crippen LogP contribution in [0.3, 0.4) is 0 Å². The van der Waals surface area contributed by atoms with Crippen molar-refractivity contribution in [2.75, 3.05) is 38.0 Å². The van der Waals surface area contributed by atoms with E-state index >= 15 is 0 Å². The van der Waals surface area contributed by atoms with Gasteiger partial charge in [-0.15, -0.1) is 0 Å². The summed E-state index contributed by atoms with van der Waals surface area (Å²) in [5, 5.41) is 0. The summed E-state index contributed by atoms with van der Waals surface area (Å²) in [5.74, 6) is 0.198. The molecule has 2 aromatic rings. The van der Waals surface area contributed by atoms with E-state index in [9.17, 15) is 4.79 Å². The molecule has 3 rings (SSSR count). The van der Waals surface area contributed by atoms with E-state index in [0.717, 1.165) is 41.5 Å². The highest BCUT2D eigenvalue weighted by Gasteiger charge is 2.21. The fraction of sp³-hybridized carbons (Fsp3) is 0.346. The predicted molar refractivity (Wildman–Crippen MR) is 126 cm³/mol. The molecule has 0 amide bonds. The molecule has 3 heteroatoms. The Morgan fingerprint density at radius 3 is 1.48 bits per heavy atom. The Hall–Kier alpha value is -2.81. The molecule has 0 atom stereocenters. The highest BCUT2D eigenvalue weighted by molar-refractivity contribution is 6.14. The lowest BCUT2D eigenvalue weighted by Crippen LogP contribution is -2.13. The number of carbonyl (C=O) groups excluding carboxylic acids is 1. The van der Waals surface area contributed by atoms with Crippen LogP contribution in [0.15, 0.2) is 47.5 Å². The Balaban J connectivity index is 1.89. The topological polar surface area (TPSA) is 23.6 Å². The minimum atomic E-state index is 0.198. The molecule has 0 bridgehead atoms. The van der Waals surface area contributed by atoms with Crippen LogP contribution in [-0.4, -0.2) is 34.0 Å². The van der Waals surface area contributed by atoms with E-state index in [1.165, 1.54) is 22.5 Å². The zero-order valence-electron chi connectivity index (χ0n) is 18.5. The van der Waals surface area contributed by atoms with Crippen LogP contribution in [0.25, 0.3) is 12.2 Å². The number of carbonyl (C=O) groups is 1. The summed E-state index contributed by atoms with van der Waals surface area (Å²) < 4.78 is 0. The molecule has 0 heterocycles. The molecular formula is C26H32N2O. The molecule has 0 radical (unpaired) electrons. The van der Waals surface area contributed by atoms with Crippen LogP contribution >= 0.6 is 0 Å². The zero-order valence-corrected chi connectivity index (χ0v) is 18.5. The van der Waals surface area contributed by atoms with Gasteiger partial charge in [0.1, 0.15) is 0 Å². The molecule has 29 heavy (non-hydrogen) atoms. The number of aryl methyl sites for hydroxylation is 2. The van der Waals surface area contributed by atoms with Gasteiger partial charge in [0.25, 0.3) is 0 Å². The standard InChI is InChI=1S/C26H32N2O/c1-18-14-24(27(3)4)12-10-20(18)16-22-8-7-9-23(26(22)29)17-21-11-13-25(28(5)6)15-19(21)2/h10-17H,7-9H2,1-6H3. The van der Waals surface area contributed by atoms with Crippen LogP contribution in [0.1, 0.15) is 41.5 Å². The molecule has 3 nitrogen and oxygen atoms in total. The van der Waals surface area contributed by atoms with Gasteiger partial charge >= 0.3 is 0 Å². The first-order chi connectivity index (χ1) is 13.8. The maximum Gasteiger partial charge on any atom is 0.185 e.